The summed E-state index contributed by atoms with van der Waals surface area (Å²) in [5.41, 5.74) is 0.855. The van der Waals surface area contributed by atoms with Crippen LogP contribution >= 0.6 is 0 Å². The molecule has 2 N–H and O–H groups in total. The van der Waals surface area contributed by atoms with Gasteiger partial charge in [-0.25, -0.2) is 9.63 Å². The molecule has 1 aromatic rings. The molecule has 1 unspecified atom stereocenters. The summed E-state index contributed by atoms with van der Waals surface area (Å²) in [5, 5.41) is 10.2. The molecular weight excluding hydrogens is 492 g/mol. The second kappa shape index (κ2) is 10.6. The number of esters is 1. The number of nitrogens with zero attached hydrogens (tertiary/aromatic N) is 2. The van der Waals surface area contributed by atoms with Crippen molar-refractivity contribution in [3.8, 4) is 11.5 Å². The van der Waals surface area contributed by atoms with Crippen LogP contribution in [0.5, 0.6) is 11.5 Å². The third-order valence-corrected chi connectivity index (χ3v) is 5.02. The van der Waals surface area contributed by atoms with E-state index < -0.39 is 42.2 Å². The van der Waals surface area contributed by atoms with Crippen LogP contribution in [0.15, 0.2) is 17.7 Å². The van der Waals surface area contributed by atoms with Crippen molar-refractivity contribution in [1.82, 2.24) is 15.7 Å². The minimum atomic E-state index is -5.05. The summed E-state index contributed by atoms with van der Waals surface area (Å²) in [7, 11) is 0. The summed E-state index contributed by atoms with van der Waals surface area (Å²) in [6.45, 7) is 4.26. The lowest BCUT2D eigenvalue weighted by atomic mass is 9.97. The molecule has 0 saturated carbocycles. The van der Waals surface area contributed by atoms with Gasteiger partial charge in [0.25, 0.3) is 0 Å². The third kappa shape index (κ3) is 7.20. The molecule has 0 aliphatic carbocycles. The molecule has 3 rings (SSSR count). The fraction of sp³-hybridized carbons (Fsp3) is 0.550. The molecule has 1 aromatic carbocycles. The lowest BCUT2D eigenvalue weighted by Crippen LogP contribution is -2.49. The Morgan fingerprint density at radius 3 is 2.51 bits per heavy atom. The topological polar surface area (TPSA) is 92.7 Å². The van der Waals surface area contributed by atoms with E-state index in [4.69, 9.17) is 14.3 Å². The summed E-state index contributed by atoms with van der Waals surface area (Å²) in [5.74, 6) is -2.49. The Balaban J connectivity index is 1.79. The Hall–Kier alpha value is -2.59. The molecule has 0 bridgehead atoms. The molecule has 2 atom stereocenters. The first-order chi connectivity index (χ1) is 16.3. The second-order valence-electron chi connectivity index (χ2n) is 7.74. The third-order valence-electron chi connectivity index (χ3n) is 5.02. The largest absolute Gasteiger partial charge is 0.573 e. The van der Waals surface area contributed by atoms with Crippen LogP contribution in [-0.2, 0) is 20.8 Å². The van der Waals surface area contributed by atoms with Crippen molar-refractivity contribution in [2.24, 2.45) is 0 Å². The van der Waals surface area contributed by atoms with E-state index in [0.29, 0.717) is 5.17 Å². The van der Waals surface area contributed by atoms with Crippen molar-refractivity contribution in [3.63, 3.8) is 0 Å². The highest BCUT2D eigenvalue weighted by atomic mass is 19.4. The van der Waals surface area contributed by atoms with Crippen molar-refractivity contribution < 1.29 is 55.4 Å². The van der Waals surface area contributed by atoms with Gasteiger partial charge >= 0.3 is 18.5 Å². The number of likely N-dealkylation sites (tertiary alicyclic amines) is 1. The summed E-state index contributed by atoms with van der Waals surface area (Å²) in [6, 6.07) is 1.72. The van der Waals surface area contributed by atoms with Gasteiger partial charge in [-0.2, -0.15) is 13.2 Å². The Labute approximate surface area is 195 Å². The number of hydrazine groups is 1. The molecule has 35 heavy (non-hydrogen) atoms. The van der Waals surface area contributed by atoms with Crippen LogP contribution in [0.2, 0.25) is 0 Å². The van der Waals surface area contributed by atoms with Gasteiger partial charge in [0.15, 0.2) is 0 Å². The Kier molecular flexibility index (Phi) is 8.16. The molecule has 15 heteroatoms. The molecule has 2 aliphatic rings. The maximum atomic E-state index is 13.7. The van der Waals surface area contributed by atoms with Crippen LogP contribution in [-0.4, -0.2) is 65.9 Å². The van der Waals surface area contributed by atoms with E-state index in [1.54, 1.807) is 0 Å². The normalized spacial score (nSPS) is 19.4. The monoisotopic (exact) mass is 515 g/mol. The number of hydroxylamine groups is 1. The molecule has 2 aliphatic heterocycles. The zero-order valence-electron chi connectivity index (χ0n) is 18.6. The van der Waals surface area contributed by atoms with Gasteiger partial charge in [0.2, 0.25) is 12.4 Å². The zero-order chi connectivity index (χ0) is 26.0. The number of halogens is 6. The van der Waals surface area contributed by atoms with E-state index in [1.165, 1.54) is 13.8 Å². The number of hydrogen-bond donors (Lipinski definition) is 2. The summed E-state index contributed by atoms with van der Waals surface area (Å²) in [4.78, 5) is 19.3. The fourth-order valence-corrected chi connectivity index (χ4v) is 3.34. The highest BCUT2D eigenvalue weighted by molar-refractivity contribution is 5.96. The molecule has 196 valence electrons. The fourth-order valence-electron chi connectivity index (χ4n) is 3.34. The quantitative estimate of drug-likeness (QED) is 0.222. The predicted molar refractivity (Wildman–Crippen MR) is 105 cm³/mol. The van der Waals surface area contributed by atoms with Gasteiger partial charge in [-0.05, 0) is 43.5 Å². The highest BCUT2D eigenvalue weighted by Crippen LogP contribution is 2.42. The van der Waals surface area contributed by atoms with Crippen LogP contribution in [0, 0.1) is 0 Å². The standard InChI is InChI=1S/C20H23F6N3O6/c1-3-12-7-14(34-20(24,25)26)8-13-9-15(17(19(21,22)23)33-16(12)13)18(30)32-11(2)35-27-29(31)10-28-5-4-6-28/h7-9,11,17,27,31H,3-6,10H2,1-2H3/t11?,17-/m0/s1. The van der Waals surface area contributed by atoms with Gasteiger partial charge in [0.1, 0.15) is 11.5 Å². The molecule has 1 fully saturated rings. The Morgan fingerprint density at radius 1 is 1.29 bits per heavy atom. The lowest BCUT2D eigenvalue weighted by Gasteiger charge is -2.33. The predicted octanol–water partition coefficient (Wildman–Crippen LogP) is 3.53. The summed E-state index contributed by atoms with van der Waals surface area (Å²) in [6.07, 6.45) is -12.5. The molecule has 2 heterocycles. The number of rotatable bonds is 9. The van der Waals surface area contributed by atoms with Crippen LogP contribution in [0.4, 0.5) is 26.3 Å². The van der Waals surface area contributed by atoms with Gasteiger partial charge in [-0.15, -0.1) is 18.8 Å². The number of carbonyl (C=O) groups is 1. The minimum absolute atomic E-state index is 0.0193. The molecule has 1 saturated heterocycles. The Bertz CT molecular complexity index is 951. The molecular formula is C20H23F6N3O6. The van der Waals surface area contributed by atoms with E-state index in [-0.39, 0.29) is 30.0 Å². The Morgan fingerprint density at radius 2 is 1.97 bits per heavy atom. The van der Waals surface area contributed by atoms with E-state index in [1.807, 2.05) is 4.90 Å². The molecule has 9 nitrogen and oxygen atoms in total. The van der Waals surface area contributed by atoms with Gasteiger partial charge < -0.3 is 14.2 Å². The number of ether oxygens (including phenoxy) is 3. The average Bonchev–Trinajstić information content (AvgIpc) is 2.71. The van der Waals surface area contributed by atoms with Gasteiger partial charge in [-0.1, -0.05) is 12.1 Å². The van der Waals surface area contributed by atoms with Crippen LogP contribution in [0.3, 0.4) is 0 Å². The van der Waals surface area contributed by atoms with Crippen LogP contribution in [0.25, 0.3) is 6.08 Å². The van der Waals surface area contributed by atoms with Crippen molar-refractivity contribution in [1.29, 1.82) is 0 Å². The van der Waals surface area contributed by atoms with Gasteiger partial charge in [-0.3, -0.25) is 10.1 Å². The highest BCUT2D eigenvalue weighted by Gasteiger charge is 2.49. The average molecular weight is 515 g/mol. The number of carbonyl (C=O) groups excluding carboxylic acids is 1. The smallest absolute Gasteiger partial charge is 0.475 e. The lowest BCUT2D eigenvalue weighted by molar-refractivity contribution is -0.298. The van der Waals surface area contributed by atoms with Crippen molar-refractivity contribution in [2.45, 2.75) is 51.6 Å². The van der Waals surface area contributed by atoms with Crippen LogP contribution in [0.1, 0.15) is 31.4 Å². The van der Waals surface area contributed by atoms with E-state index in [0.717, 1.165) is 37.7 Å². The van der Waals surface area contributed by atoms with E-state index in [9.17, 15) is 36.3 Å². The summed E-state index contributed by atoms with van der Waals surface area (Å²) >= 11 is 0. The van der Waals surface area contributed by atoms with E-state index in [2.05, 4.69) is 10.3 Å². The van der Waals surface area contributed by atoms with Gasteiger partial charge in [0, 0.05) is 18.7 Å². The first kappa shape index (κ1) is 27.0. The first-order valence-electron chi connectivity index (χ1n) is 10.5. The maximum absolute atomic E-state index is 13.7. The summed E-state index contributed by atoms with van der Waals surface area (Å²) < 4.78 is 92.9. The van der Waals surface area contributed by atoms with Crippen LogP contribution < -0.4 is 15.1 Å². The first-order valence-corrected chi connectivity index (χ1v) is 10.5. The molecule has 0 spiro atoms. The molecule has 0 amide bonds. The van der Waals surface area contributed by atoms with E-state index >= 15 is 0 Å². The maximum Gasteiger partial charge on any atom is 0.573 e. The second-order valence-corrected chi connectivity index (χ2v) is 7.74. The number of nitrogens with one attached hydrogen (secondary N) is 1. The molecule has 0 radical (unpaired) electrons. The zero-order valence-corrected chi connectivity index (χ0v) is 18.6. The van der Waals surface area contributed by atoms with Crippen molar-refractivity contribution >= 4 is 12.0 Å². The number of aryl methyl sites for hydroxylation is 1. The van der Waals surface area contributed by atoms with Gasteiger partial charge in [0.05, 0.1) is 12.2 Å². The van der Waals surface area contributed by atoms with Crippen molar-refractivity contribution in [2.75, 3.05) is 19.8 Å². The number of fused-ring (bicyclic) bond motifs is 1. The number of alkyl halides is 6. The number of hydrogen-bond acceptors (Lipinski definition) is 9. The minimum Gasteiger partial charge on any atom is -0.475 e. The SMILES string of the molecule is CCc1cc(OC(F)(F)F)cc2c1O[C@H](C(F)(F)F)C(C(=O)OC(C)ONN(O)CN1CCC1)=C2. The van der Waals surface area contributed by atoms with Crippen molar-refractivity contribution in [3.05, 3.63) is 28.8 Å². The molecule has 0 aromatic heterocycles. The number of benzene rings is 1.